The molecule has 0 aliphatic heterocycles. The van der Waals surface area contributed by atoms with Gasteiger partial charge in [0.25, 0.3) is 0 Å². The maximum Gasteiger partial charge on any atom is 0.316 e. The Morgan fingerprint density at radius 3 is 2.67 bits per heavy atom. The summed E-state index contributed by atoms with van der Waals surface area (Å²) in [6.45, 7) is 3.81. The summed E-state index contributed by atoms with van der Waals surface area (Å²) in [5, 5.41) is 9.33. The van der Waals surface area contributed by atoms with Crippen LogP contribution in [0, 0.1) is 5.92 Å². The van der Waals surface area contributed by atoms with Crippen LogP contribution in [0.2, 0.25) is 5.02 Å². The highest BCUT2D eigenvalue weighted by atomic mass is 35.5. The highest BCUT2D eigenvalue weighted by Crippen LogP contribution is 2.30. The number of carboxylic acid groups (broad SMARTS) is 1. The summed E-state index contributed by atoms with van der Waals surface area (Å²) in [6.07, 6.45) is 0. The molecule has 1 N–H and O–H groups in total. The summed E-state index contributed by atoms with van der Waals surface area (Å²) in [7, 11) is 1.59. The summed E-state index contributed by atoms with van der Waals surface area (Å²) in [6, 6.07) is 5.36. The molecule has 0 saturated heterocycles. The fourth-order valence-electron chi connectivity index (χ4n) is 1.59. The number of methoxy groups -OCH3 is 1. The number of rotatable bonds is 6. The Hall–Kier alpha value is -0.870. The first-order valence-corrected chi connectivity index (χ1v) is 7.05. The monoisotopic (exact) mass is 288 g/mol. The van der Waals surface area contributed by atoms with E-state index in [0.29, 0.717) is 10.8 Å². The van der Waals surface area contributed by atoms with Gasteiger partial charge in [-0.2, -0.15) is 0 Å². The smallest absolute Gasteiger partial charge is 0.316 e. The third-order valence-electron chi connectivity index (χ3n) is 2.51. The number of carbonyl (C=O) groups is 1. The lowest BCUT2D eigenvalue weighted by Crippen LogP contribution is -2.22. The zero-order valence-electron chi connectivity index (χ0n) is 10.6. The molecule has 100 valence electrons. The lowest BCUT2D eigenvalue weighted by molar-refractivity contribution is -0.137. The quantitative estimate of drug-likeness (QED) is 0.867. The highest BCUT2D eigenvalue weighted by molar-refractivity contribution is 7.99. The van der Waals surface area contributed by atoms with Crippen molar-refractivity contribution in [3.05, 3.63) is 28.8 Å². The van der Waals surface area contributed by atoms with Crippen LogP contribution in [0.25, 0.3) is 0 Å². The minimum Gasteiger partial charge on any atom is -0.496 e. The molecule has 1 atom stereocenters. The van der Waals surface area contributed by atoms with Gasteiger partial charge in [0.15, 0.2) is 0 Å². The van der Waals surface area contributed by atoms with Crippen molar-refractivity contribution in [3.63, 3.8) is 0 Å². The van der Waals surface area contributed by atoms with Crippen LogP contribution in [0.3, 0.4) is 0 Å². The van der Waals surface area contributed by atoms with Gasteiger partial charge in [-0.15, -0.1) is 11.8 Å². The Kier molecular flexibility index (Phi) is 5.82. The van der Waals surface area contributed by atoms with Crippen LogP contribution in [0.5, 0.6) is 5.75 Å². The van der Waals surface area contributed by atoms with E-state index in [-0.39, 0.29) is 5.92 Å². The zero-order chi connectivity index (χ0) is 13.7. The van der Waals surface area contributed by atoms with Gasteiger partial charge >= 0.3 is 5.97 Å². The second-order valence-electron chi connectivity index (χ2n) is 4.27. The van der Waals surface area contributed by atoms with Crippen LogP contribution in [0.4, 0.5) is 0 Å². The number of halogens is 1. The van der Waals surface area contributed by atoms with Crippen molar-refractivity contribution >= 4 is 29.3 Å². The molecule has 5 heteroatoms. The number of hydrogen-bond acceptors (Lipinski definition) is 3. The van der Waals surface area contributed by atoms with E-state index in [1.165, 1.54) is 11.8 Å². The topological polar surface area (TPSA) is 46.5 Å². The Bertz CT molecular complexity index is 421. The molecule has 0 fully saturated rings. The minimum absolute atomic E-state index is 0.0812. The van der Waals surface area contributed by atoms with Crippen LogP contribution in [-0.4, -0.2) is 23.4 Å². The molecule has 3 nitrogen and oxygen atoms in total. The first-order chi connectivity index (χ1) is 8.45. The standard InChI is InChI=1S/C13H17ClO3S/c1-8(2)12(13(15)16)18-7-9-6-10(14)4-5-11(9)17-3/h4-6,8,12H,7H2,1-3H3,(H,15,16). The number of benzene rings is 1. The van der Waals surface area contributed by atoms with Crippen molar-refractivity contribution in [2.75, 3.05) is 7.11 Å². The molecule has 0 amide bonds. The first kappa shape index (κ1) is 15.2. The molecule has 1 aromatic rings. The zero-order valence-corrected chi connectivity index (χ0v) is 12.2. The maximum absolute atomic E-state index is 11.1. The Morgan fingerprint density at radius 2 is 2.17 bits per heavy atom. The predicted molar refractivity (Wildman–Crippen MR) is 75.6 cm³/mol. The van der Waals surface area contributed by atoms with Crippen LogP contribution in [0.15, 0.2) is 18.2 Å². The molecule has 0 aromatic heterocycles. The molecule has 1 aromatic carbocycles. The van der Waals surface area contributed by atoms with Crippen molar-refractivity contribution in [1.29, 1.82) is 0 Å². The lowest BCUT2D eigenvalue weighted by atomic mass is 10.1. The molecule has 0 bridgehead atoms. The molecule has 0 spiro atoms. The highest BCUT2D eigenvalue weighted by Gasteiger charge is 2.22. The average Bonchev–Trinajstić information content (AvgIpc) is 2.28. The minimum atomic E-state index is -0.781. The number of aliphatic carboxylic acids is 1. The molecule has 0 saturated carbocycles. The van der Waals surface area contributed by atoms with E-state index in [1.807, 2.05) is 19.9 Å². The van der Waals surface area contributed by atoms with Crippen molar-refractivity contribution in [1.82, 2.24) is 0 Å². The summed E-state index contributed by atoms with van der Waals surface area (Å²) in [4.78, 5) is 11.1. The van der Waals surface area contributed by atoms with Gasteiger partial charge in [-0.3, -0.25) is 4.79 Å². The van der Waals surface area contributed by atoms with E-state index >= 15 is 0 Å². The molecule has 0 heterocycles. The second kappa shape index (κ2) is 6.90. The van der Waals surface area contributed by atoms with Gasteiger partial charge in [-0.1, -0.05) is 25.4 Å². The summed E-state index contributed by atoms with van der Waals surface area (Å²) in [5.74, 6) is 0.604. The third-order valence-corrected chi connectivity index (χ3v) is 4.33. The average molecular weight is 289 g/mol. The van der Waals surface area contributed by atoms with E-state index in [9.17, 15) is 4.79 Å². The maximum atomic E-state index is 11.1. The molecule has 0 aliphatic carbocycles. The number of ether oxygens (including phenoxy) is 1. The van der Waals surface area contributed by atoms with Crippen LogP contribution >= 0.6 is 23.4 Å². The van der Waals surface area contributed by atoms with E-state index in [0.717, 1.165) is 11.3 Å². The summed E-state index contributed by atoms with van der Waals surface area (Å²) < 4.78 is 5.23. The summed E-state index contributed by atoms with van der Waals surface area (Å²) >= 11 is 7.32. The van der Waals surface area contributed by atoms with Crippen LogP contribution in [0.1, 0.15) is 19.4 Å². The van der Waals surface area contributed by atoms with Gasteiger partial charge in [-0.25, -0.2) is 0 Å². The Labute approximate surface area is 116 Å². The number of hydrogen-bond donors (Lipinski definition) is 1. The Balaban J connectivity index is 2.78. The fourth-order valence-corrected chi connectivity index (χ4v) is 2.90. The van der Waals surface area contributed by atoms with E-state index in [2.05, 4.69) is 0 Å². The second-order valence-corrected chi connectivity index (χ2v) is 5.84. The fraction of sp³-hybridized carbons (Fsp3) is 0.462. The van der Waals surface area contributed by atoms with Crippen LogP contribution in [-0.2, 0) is 10.5 Å². The SMILES string of the molecule is COc1ccc(Cl)cc1CSC(C(=O)O)C(C)C. The molecule has 0 aliphatic rings. The number of carboxylic acids is 1. The molecular weight excluding hydrogens is 272 g/mol. The summed E-state index contributed by atoms with van der Waals surface area (Å²) in [5.41, 5.74) is 0.918. The van der Waals surface area contributed by atoms with Gasteiger partial charge < -0.3 is 9.84 Å². The van der Waals surface area contributed by atoms with Crippen LogP contribution < -0.4 is 4.74 Å². The normalized spacial score (nSPS) is 12.5. The van der Waals surface area contributed by atoms with E-state index in [4.69, 9.17) is 21.4 Å². The van der Waals surface area contributed by atoms with Crippen molar-refractivity contribution in [2.24, 2.45) is 5.92 Å². The molecular formula is C13H17ClO3S. The van der Waals surface area contributed by atoms with Gasteiger partial charge in [0.05, 0.1) is 7.11 Å². The lowest BCUT2D eigenvalue weighted by Gasteiger charge is -2.16. The van der Waals surface area contributed by atoms with Crippen molar-refractivity contribution in [3.8, 4) is 5.75 Å². The predicted octanol–water partition coefficient (Wildman–Crippen LogP) is 3.69. The molecule has 0 radical (unpaired) electrons. The first-order valence-electron chi connectivity index (χ1n) is 5.62. The third kappa shape index (κ3) is 4.10. The van der Waals surface area contributed by atoms with Crippen molar-refractivity contribution in [2.45, 2.75) is 24.9 Å². The van der Waals surface area contributed by atoms with Gasteiger partial charge in [0.1, 0.15) is 11.0 Å². The van der Waals surface area contributed by atoms with Gasteiger partial charge in [0, 0.05) is 16.3 Å². The number of thioether (sulfide) groups is 1. The van der Waals surface area contributed by atoms with Gasteiger partial charge in [-0.05, 0) is 24.1 Å². The molecule has 1 rings (SSSR count). The Morgan fingerprint density at radius 1 is 1.50 bits per heavy atom. The van der Waals surface area contributed by atoms with E-state index in [1.54, 1.807) is 19.2 Å². The van der Waals surface area contributed by atoms with Gasteiger partial charge in [0.2, 0.25) is 0 Å². The van der Waals surface area contributed by atoms with Crippen molar-refractivity contribution < 1.29 is 14.6 Å². The van der Waals surface area contributed by atoms with E-state index < -0.39 is 11.2 Å². The largest absolute Gasteiger partial charge is 0.496 e. The molecule has 1 unspecified atom stereocenters. The molecule has 18 heavy (non-hydrogen) atoms.